The van der Waals surface area contributed by atoms with E-state index in [1.165, 1.54) is 41.7 Å². The lowest BCUT2D eigenvalue weighted by Gasteiger charge is -2.44. The maximum absolute atomic E-state index is 14.0. The molecule has 2 heterocycles. The van der Waals surface area contributed by atoms with Crippen LogP contribution in [0.15, 0.2) is 65.1 Å². The van der Waals surface area contributed by atoms with Gasteiger partial charge in [-0.3, -0.25) is 4.79 Å². The number of nitrogens with one attached hydrogen (secondary N) is 2. The van der Waals surface area contributed by atoms with Crippen molar-refractivity contribution < 1.29 is 32.3 Å². The Morgan fingerprint density at radius 1 is 1.03 bits per heavy atom. The lowest BCUT2D eigenvalue weighted by Crippen LogP contribution is -2.72. The second kappa shape index (κ2) is 8.40. The van der Waals surface area contributed by atoms with Crippen molar-refractivity contribution >= 4 is 35.0 Å². The summed E-state index contributed by atoms with van der Waals surface area (Å²) >= 11 is 12.0. The molecule has 3 N–H and O–H groups in total. The van der Waals surface area contributed by atoms with Crippen LogP contribution in [0, 0.1) is 5.92 Å². The summed E-state index contributed by atoms with van der Waals surface area (Å²) in [5.74, 6) is -3.27. The number of carbonyl (C=O) groups excluding carboxylic acids is 2. The Bertz CT molecular complexity index is 1210. The number of urea groups is 1. The summed E-state index contributed by atoms with van der Waals surface area (Å²) in [5.41, 5.74) is -3.56. The molecule has 3 atom stereocenters. The van der Waals surface area contributed by atoms with Gasteiger partial charge in [-0.15, -0.1) is 0 Å². The Kier molecular flexibility index (Phi) is 5.90. The van der Waals surface area contributed by atoms with E-state index in [9.17, 15) is 27.9 Å². The van der Waals surface area contributed by atoms with Crippen LogP contribution in [0.5, 0.6) is 0 Å². The number of alkyl halides is 3. The summed E-state index contributed by atoms with van der Waals surface area (Å²) in [4.78, 5) is 25.4. The number of halogens is 5. The average Bonchev–Trinajstić information content (AvgIpc) is 3.23. The van der Waals surface area contributed by atoms with E-state index < -0.39 is 35.7 Å². The summed E-state index contributed by atoms with van der Waals surface area (Å²) in [6.07, 6.45) is -5.38. The summed E-state index contributed by atoms with van der Waals surface area (Å²) in [6, 6.07) is 11.5. The fourth-order valence-corrected chi connectivity index (χ4v) is 4.05. The van der Waals surface area contributed by atoms with E-state index in [1.54, 1.807) is 24.3 Å². The molecular formula is C22H15Cl2F3N2O4. The minimum Gasteiger partial charge on any atom is -0.459 e. The van der Waals surface area contributed by atoms with E-state index in [2.05, 4.69) is 5.32 Å². The molecule has 11 heteroatoms. The first-order valence-corrected chi connectivity index (χ1v) is 10.3. The Hall–Kier alpha value is -3.01. The zero-order valence-electron chi connectivity index (χ0n) is 16.5. The van der Waals surface area contributed by atoms with Gasteiger partial charge in [0, 0.05) is 16.1 Å². The molecule has 0 radical (unpaired) electrons. The molecular weight excluding hydrogens is 484 g/mol. The molecule has 1 aliphatic rings. The van der Waals surface area contributed by atoms with Crippen LogP contribution < -0.4 is 10.6 Å². The minimum atomic E-state index is -5.38. The Morgan fingerprint density at radius 2 is 1.70 bits per heavy atom. The molecule has 0 saturated carbocycles. The summed E-state index contributed by atoms with van der Waals surface area (Å²) in [7, 11) is 0. The maximum Gasteiger partial charge on any atom is 0.437 e. The number of hydrogen-bond acceptors (Lipinski definition) is 4. The number of amides is 2. The van der Waals surface area contributed by atoms with Crippen LogP contribution in [0.1, 0.15) is 22.2 Å². The van der Waals surface area contributed by atoms with Gasteiger partial charge < -0.3 is 20.2 Å². The first-order valence-electron chi connectivity index (χ1n) is 9.53. The zero-order chi connectivity index (χ0) is 24.0. The zero-order valence-corrected chi connectivity index (χ0v) is 18.0. The molecule has 3 aromatic rings. The third kappa shape index (κ3) is 4.19. The number of hydrogen-bond donors (Lipinski definition) is 3. The van der Waals surface area contributed by atoms with E-state index in [4.69, 9.17) is 27.6 Å². The van der Waals surface area contributed by atoms with Crippen molar-refractivity contribution in [2.45, 2.75) is 17.9 Å². The van der Waals surface area contributed by atoms with E-state index in [1.807, 2.05) is 0 Å². The molecule has 1 saturated heterocycles. The number of furan rings is 1. The van der Waals surface area contributed by atoms with Crippen molar-refractivity contribution in [1.29, 1.82) is 0 Å². The predicted molar refractivity (Wildman–Crippen MR) is 114 cm³/mol. The van der Waals surface area contributed by atoms with Crippen LogP contribution in [0.4, 0.5) is 18.0 Å². The van der Waals surface area contributed by atoms with Crippen LogP contribution >= 0.6 is 23.2 Å². The average molecular weight is 499 g/mol. The highest BCUT2D eigenvalue weighted by Gasteiger charge is 2.66. The number of Topliss-reactive ketones (excluding diaryl/α,β-unsaturated/α-hetero) is 1. The lowest BCUT2D eigenvalue weighted by molar-refractivity contribution is -0.288. The highest BCUT2D eigenvalue weighted by molar-refractivity contribution is 6.33. The fourth-order valence-electron chi connectivity index (χ4n) is 3.70. The van der Waals surface area contributed by atoms with Gasteiger partial charge in [-0.1, -0.05) is 35.3 Å². The normalized spacial score (nSPS) is 23.0. The molecule has 4 rings (SSSR count). The molecule has 1 aliphatic heterocycles. The third-order valence-electron chi connectivity index (χ3n) is 5.29. The van der Waals surface area contributed by atoms with Crippen molar-refractivity contribution in [3.63, 3.8) is 0 Å². The third-order valence-corrected chi connectivity index (χ3v) is 5.87. The van der Waals surface area contributed by atoms with Gasteiger partial charge in [0.2, 0.25) is 5.72 Å². The largest absolute Gasteiger partial charge is 0.459 e. The number of rotatable bonds is 4. The molecule has 172 valence electrons. The van der Waals surface area contributed by atoms with Gasteiger partial charge in [-0.05, 0) is 48.5 Å². The van der Waals surface area contributed by atoms with Crippen LogP contribution in [-0.4, -0.2) is 28.8 Å². The van der Waals surface area contributed by atoms with E-state index in [0.717, 1.165) is 0 Å². The van der Waals surface area contributed by atoms with Gasteiger partial charge in [0.05, 0.1) is 5.02 Å². The van der Waals surface area contributed by atoms with Gasteiger partial charge in [0.15, 0.2) is 5.78 Å². The van der Waals surface area contributed by atoms with Crippen molar-refractivity contribution in [3.05, 3.63) is 82.0 Å². The molecule has 0 unspecified atom stereocenters. The Labute approximate surface area is 195 Å². The first kappa shape index (κ1) is 23.2. The summed E-state index contributed by atoms with van der Waals surface area (Å²) < 4.78 is 47.7. The lowest BCUT2D eigenvalue weighted by atomic mass is 9.79. The molecule has 2 aromatic carbocycles. The number of carbonyl (C=O) groups is 2. The molecule has 0 aliphatic carbocycles. The molecule has 6 nitrogen and oxygen atoms in total. The van der Waals surface area contributed by atoms with Gasteiger partial charge in [0.25, 0.3) is 0 Å². The smallest absolute Gasteiger partial charge is 0.437 e. The van der Waals surface area contributed by atoms with Crippen LogP contribution in [0.25, 0.3) is 11.3 Å². The van der Waals surface area contributed by atoms with Gasteiger partial charge in [-0.2, -0.15) is 13.2 Å². The minimum absolute atomic E-state index is 0.145. The number of benzene rings is 2. The fraction of sp³-hybridized carbons (Fsp3) is 0.182. The maximum atomic E-state index is 14.0. The van der Waals surface area contributed by atoms with E-state index in [0.29, 0.717) is 10.6 Å². The summed E-state index contributed by atoms with van der Waals surface area (Å²) in [5, 5.41) is 14.9. The molecule has 2 amide bonds. The van der Waals surface area contributed by atoms with Gasteiger partial charge in [-0.25, -0.2) is 4.79 Å². The first-order chi connectivity index (χ1) is 15.5. The van der Waals surface area contributed by atoms with Crippen molar-refractivity contribution in [2.24, 2.45) is 5.92 Å². The second-order valence-electron chi connectivity index (χ2n) is 7.37. The number of aliphatic hydroxyl groups is 1. The van der Waals surface area contributed by atoms with E-state index in [-0.39, 0.29) is 22.1 Å². The SMILES string of the molecule is O=C1N[C@@H](c2ccc(-c3ccccc3Cl)o2)[C@@H](C(=O)c2ccc(Cl)cc2)[C@](O)(C(F)(F)F)N1. The van der Waals surface area contributed by atoms with Crippen LogP contribution in [0.2, 0.25) is 10.0 Å². The van der Waals surface area contributed by atoms with Gasteiger partial charge in [0.1, 0.15) is 23.5 Å². The van der Waals surface area contributed by atoms with Crippen molar-refractivity contribution in [1.82, 2.24) is 10.6 Å². The quantitative estimate of drug-likeness (QED) is 0.422. The molecule has 33 heavy (non-hydrogen) atoms. The molecule has 1 aromatic heterocycles. The second-order valence-corrected chi connectivity index (χ2v) is 8.21. The monoisotopic (exact) mass is 498 g/mol. The van der Waals surface area contributed by atoms with Crippen molar-refractivity contribution in [3.8, 4) is 11.3 Å². The van der Waals surface area contributed by atoms with Gasteiger partial charge >= 0.3 is 12.2 Å². The standard InChI is InChI=1S/C22H15Cl2F3N2O4/c23-12-7-5-11(6-8-12)19(30)17-18(28-20(31)29-21(17,32)22(25,26)27)16-10-9-15(33-16)13-3-1-2-4-14(13)24/h1-10,17-18,32H,(H2,28,29,31)/t17-,18-,21-/m0/s1. The predicted octanol–water partition coefficient (Wildman–Crippen LogP) is 5.36. The molecule has 0 bridgehead atoms. The molecule has 1 fully saturated rings. The van der Waals surface area contributed by atoms with E-state index >= 15 is 0 Å². The Morgan fingerprint density at radius 3 is 2.33 bits per heavy atom. The molecule has 0 spiro atoms. The summed E-state index contributed by atoms with van der Waals surface area (Å²) in [6.45, 7) is 0. The van der Waals surface area contributed by atoms with Crippen LogP contribution in [0.3, 0.4) is 0 Å². The topological polar surface area (TPSA) is 91.6 Å². The van der Waals surface area contributed by atoms with Crippen LogP contribution in [-0.2, 0) is 0 Å². The highest BCUT2D eigenvalue weighted by Crippen LogP contribution is 2.45. The highest BCUT2D eigenvalue weighted by atomic mass is 35.5. The number of ketones is 1. The Balaban J connectivity index is 1.82. The van der Waals surface area contributed by atoms with Crippen molar-refractivity contribution in [2.75, 3.05) is 0 Å².